The predicted molar refractivity (Wildman–Crippen MR) is 149 cm³/mol. The minimum absolute atomic E-state index is 0.0865. The number of H-pyrrole nitrogens is 1. The van der Waals surface area contributed by atoms with Crippen LogP contribution in [-0.2, 0) is 0 Å². The predicted octanol–water partition coefficient (Wildman–Crippen LogP) is 4.37. The van der Waals surface area contributed by atoms with Gasteiger partial charge in [0.1, 0.15) is 22.2 Å². The Kier molecular flexibility index (Phi) is 6.37. The number of aryl methyl sites for hydroxylation is 1. The van der Waals surface area contributed by atoms with Gasteiger partial charge in [0.2, 0.25) is 5.82 Å². The fourth-order valence-corrected chi connectivity index (χ4v) is 5.12. The van der Waals surface area contributed by atoms with Crippen LogP contribution < -0.4 is 16.5 Å². The zero-order chi connectivity index (χ0) is 29.0. The number of pyridine rings is 1. The number of carbonyl (C=O) groups is 1. The number of aromatic nitrogens is 5. The molecular weight excluding hydrogens is 554 g/mol. The molecule has 1 amide bonds. The standard InChI is InChI=1S/C27H24ClN7O6/c1-12-6-17(14(3)30-19-4-5-20(28)31-21(19)25-32-26(37)41-33-25)24-18(7-12)22(36)13(2)23(40-24)15-8-29-35(9-15)16-10-34(11-16)27(38)39/h4-9,14,16,30H,10-11H2,1-3H3,(H,38,39)(H,32,33,37)/t14-/m1/s1. The molecule has 0 unspecified atom stereocenters. The molecule has 6 rings (SSSR count). The van der Waals surface area contributed by atoms with E-state index in [9.17, 15) is 14.4 Å². The number of halogens is 1. The summed E-state index contributed by atoms with van der Waals surface area (Å²) in [5, 5.41) is 21.3. The Balaban J connectivity index is 1.39. The van der Waals surface area contributed by atoms with Gasteiger partial charge in [0.25, 0.3) is 0 Å². The molecule has 1 aliphatic rings. The molecule has 0 spiro atoms. The fourth-order valence-electron chi connectivity index (χ4n) is 4.97. The maximum Gasteiger partial charge on any atom is 0.439 e. The Morgan fingerprint density at radius 3 is 2.73 bits per heavy atom. The van der Waals surface area contributed by atoms with Crippen LogP contribution in [0, 0.1) is 13.8 Å². The van der Waals surface area contributed by atoms with Crippen LogP contribution in [0.1, 0.15) is 35.7 Å². The van der Waals surface area contributed by atoms with E-state index in [2.05, 4.69) is 30.1 Å². The molecule has 41 heavy (non-hydrogen) atoms. The Hall–Kier alpha value is -4.91. The van der Waals surface area contributed by atoms with Gasteiger partial charge in [0, 0.05) is 30.4 Å². The first-order valence-corrected chi connectivity index (χ1v) is 13.1. The van der Waals surface area contributed by atoms with E-state index in [0.29, 0.717) is 46.6 Å². The number of likely N-dealkylation sites (tertiary alicyclic amines) is 1. The van der Waals surface area contributed by atoms with Crippen molar-refractivity contribution in [2.24, 2.45) is 0 Å². The van der Waals surface area contributed by atoms with E-state index in [1.807, 2.05) is 19.9 Å². The van der Waals surface area contributed by atoms with Gasteiger partial charge >= 0.3 is 11.8 Å². The molecule has 3 N–H and O–H groups in total. The van der Waals surface area contributed by atoms with E-state index >= 15 is 0 Å². The summed E-state index contributed by atoms with van der Waals surface area (Å²) in [7, 11) is 0. The number of nitrogens with one attached hydrogen (secondary N) is 2. The molecule has 5 heterocycles. The summed E-state index contributed by atoms with van der Waals surface area (Å²) in [4.78, 5) is 44.3. The average molecular weight is 578 g/mol. The first-order valence-electron chi connectivity index (χ1n) is 12.7. The molecular formula is C27H24ClN7O6. The highest BCUT2D eigenvalue weighted by molar-refractivity contribution is 6.29. The maximum atomic E-state index is 13.6. The Morgan fingerprint density at radius 2 is 2.02 bits per heavy atom. The van der Waals surface area contributed by atoms with Crippen LogP contribution in [0.15, 0.2) is 55.2 Å². The van der Waals surface area contributed by atoms with Crippen LogP contribution in [0.3, 0.4) is 0 Å². The molecule has 1 saturated heterocycles. The Labute approximate surface area is 236 Å². The Bertz CT molecular complexity index is 1930. The zero-order valence-corrected chi connectivity index (χ0v) is 22.9. The lowest BCUT2D eigenvalue weighted by Crippen LogP contribution is -2.50. The van der Waals surface area contributed by atoms with E-state index in [1.165, 1.54) is 4.90 Å². The average Bonchev–Trinajstić information content (AvgIpc) is 3.55. The third kappa shape index (κ3) is 4.73. The smallest absolute Gasteiger partial charge is 0.439 e. The maximum absolute atomic E-state index is 13.6. The number of benzene rings is 1. The van der Waals surface area contributed by atoms with Gasteiger partial charge in [-0.3, -0.25) is 19.0 Å². The van der Waals surface area contributed by atoms with Crippen molar-refractivity contribution in [3.8, 4) is 22.8 Å². The van der Waals surface area contributed by atoms with Gasteiger partial charge in [-0.15, -0.1) is 0 Å². The first-order chi connectivity index (χ1) is 19.6. The van der Waals surface area contributed by atoms with E-state index < -0.39 is 17.9 Å². The van der Waals surface area contributed by atoms with Crippen molar-refractivity contribution in [1.29, 1.82) is 0 Å². The molecule has 0 radical (unpaired) electrons. The number of rotatable bonds is 6. The molecule has 210 valence electrons. The molecule has 5 aromatic rings. The highest BCUT2D eigenvalue weighted by Gasteiger charge is 2.32. The molecule has 1 atom stereocenters. The van der Waals surface area contributed by atoms with Gasteiger partial charge < -0.3 is 19.7 Å². The van der Waals surface area contributed by atoms with Crippen molar-refractivity contribution in [3.63, 3.8) is 0 Å². The zero-order valence-electron chi connectivity index (χ0n) is 22.1. The summed E-state index contributed by atoms with van der Waals surface area (Å²) in [6, 6.07) is 6.55. The number of hydrogen-bond donors (Lipinski definition) is 3. The molecule has 1 aliphatic heterocycles. The quantitative estimate of drug-likeness (QED) is 0.246. The number of fused-ring (bicyclic) bond motifs is 1. The highest BCUT2D eigenvalue weighted by atomic mass is 35.5. The molecule has 0 saturated carbocycles. The van der Waals surface area contributed by atoms with Crippen molar-refractivity contribution in [2.45, 2.75) is 32.9 Å². The highest BCUT2D eigenvalue weighted by Crippen LogP contribution is 2.34. The SMILES string of the molecule is Cc1cc([C@@H](C)Nc2ccc(Cl)nc2-c2noc(=O)[nH]2)c2oc(-c3cnn(C4CN(C(=O)O)C4)c3)c(C)c(=O)c2c1. The molecule has 4 aromatic heterocycles. The van der Waals surface area contributed by atoms with Crippen LogP contribution in [0.5, 0.6) is 0 Å². The van der Waals surface area contributed by atoms with Crippen molar-refractivity contribution in [2.75, 3.05) is 18.4 Å². The molecule has 13 nitrogen and oxygen atoms in total. The Morgan fingerprint density at radius 1 is 1.24 bits per heavy atom. The van der Waals surface area contributed by atoms with E-state index in [0.717, 1.165) is 11.1 Å². The van der Waals surface area contributed by atoms with Gasteiger partial charge in [-0.1, -0.05) is 22.8 Å². The summed E-state index contributed by atoms with van der Waals surface area (Å²) in [6.45, 7) is 6.19. The lowest BCUT2D eigenvalue weighted by atomic mass is 9.99. The lowest BCUT2D eigenvalue weighted by Gasteiger charge is -2.36. The second-order valence-electron chi connectivity index (χ2n) is 10.0. The molecule has 1 fully saturated rings. The van der Waals surface area contributed by atoms with Crippen molar-refractivity contribution in [1.82, 2.24) is 29.8 Å². The van der Waals surface area contributed by atoms with Crippen LogP contribution >= 0.6 is 11.6 Å². The van der Waals surface area contributed by atoms with Gasteiger partial charge in [0.05, 0.1) is 34.9 Å². The molecule has 0 aliphatic carbocycles. The summed E-state index contributed by atoms with van der Waals surface area (Å²) in [5.41, 5.74) is 3.70. The monoisotopic (exact) mass is 577 g/mol. The minimum atomic E-state index is -0.966. The third-order valence-corrected chi connectivity index (χ3v) is 7.34. The number of aromatic amines is 1. The summed E-state index contributed by atoms with van der Waals surface area (Å²) in [6.07, 6.45) is 2.41. The topological polar surface area (TPSA) is 172 Å². The third-order valence-electron chi connectivity index (χ3n) is 7.13. The summed E-state index contributed by atoms with van der Waals surface area (Å²) in [5.74, 6) is -0.231. The van der Waals surface area contributed by atoms with E-state index in [1.54, 1.807) is 42.2 Å². The van der Waals surface area contributed by atoms with Crippen molar-refractivity contribution in [3.05, 3.63) is 79.3 Å². The van der Waals surface area contributed by atoms with Crippen LogP contribution in [-0.4, -0.2) is 54.1 Å². The van der Waals surface area contributed by atoms with E-state index in [4.69, 9.17) is 21.1 Å². The van der Waals surface area contributed by atoms with Crippen molar-refractivity contribution >= 4 is 34.4 Å². The number of amides is 1. The molecule has 0 bridgehead atoms. The number of carboxylic acid groups (broad SMARTS) is 1. The number of nitrogens with zero attached hydrogens (tertiary/aromatic N) is 5. The minimum Gasteiger partial charge on any atom is -0.465 e. The summed E-state index contributed by atoms with van der Waals surface area (Å²) >= 11 is 6.11. The lowest BCUT2D eigenvalue weighted by molar-refractivity contribution is 0.0812. The van der Waals surface area contributed by atoms with Gasteiger partial charge in [-0.2, -0.15) is 5.10 Å². The van der Waals surface area contributed by atoms with Crippen LogP contribution in [0.25, 0.3) is 33.8 Å². The second-order valence-corrected chi connectivity index (χ2v) is 10.4. The largest absolute Gasteiger partial charge is 0.465 e. The number of anilines is 1. The normalized spacial score (nSPS) is 14.3. The van der Waals surface area contributed by atoms with Crippen LogP contribution in [0.2, 0.25) is 5.15 Å². The van der Waals surface area contributed by atoms with E-state index in [-0.39, 0.29) is 28.1 Å². The van der Waals surface area contributed by atoms with Gasteiger partial charge in [0.15, 0.2) is 5.43 Å². The molecule has 14 heteroatoms. The van der Waals surface area contributed by atoms with Gasteiger partial charge in [-0.05, 0) is 44.5 Å². The second kappa shape index (κ2) is 9.93. The molecule has 1 aromatic carbocycles. The van der Waals surface area contributed by atoms with Crippen LogP contribution in [0.4, 0.5) is 10.5 Å². The first kappa shape index (κ1) is 26.3. The van der Waals surface area contributed by atoms with Crippen molar-refractivity contribution < 1.29 is 18.8 Å². The fraction of sp³-hybridized carbons (Fsp3) is 0.259. The van der Waals surface area contributed by atoms with Gasteiger partial charge in [-0.25, -0.2) is 14.6 Å². The number of hydrogen-bond acceptors (Lipinski definition) is 9. The summed E-state index contributed by atoms with van der Waals surface area (Å²) < 4.78 is 12.8.